The number of sulfone groups is 1. The summed E-state index contributed by atoms with van der Waals surface area (Å²) in [4.78, 5) is 11.4. The zero-order chi connectivity index (χ0) is 18.7. The molecule has 7 heteroatoms. The minimum Gasteiger partial charge on any atom is -0.481 e. The second-order valence-electron chi connectivity index (χ2n) is 5.32. The summed E-state index contributed by atoms with van der Waals surface area (Å²) in [6.45, 7) is 1.88. The van der Waals surface area contributed by atoms with Crippen LogP contribution in [-0.4, -0.2) is 31.4 Å². The lowest BCUT2D eigenvalue weighted by molar-refractivity contribution is -0.136. The first kappa shape index (κ1) is 20.5. The molecule has 0 saturated heterocycles. The molecule has 0 fully saturated rings. The zero-order valence-corrected chi connectivity index (χ0v) is 14.9. The predicted molar refractivity (Wildman–Crippen MR) is 92.7 cm³/mol. The number of carboxylic acid groups (broad SMARTS) is 1. The van der Waals surface area contributed by atoms with Crippen molar-refractivity contribution in [1.29, 1.82) is 5.26 Å². The molecule has 1 aromatic carbocycles. The number of hydrogen-bond donors (Lipinski definition) is 1. The third kappa shape index (κ3) is 6.48. The van der Waals surface area contributed by atoms with E-state index in [2.05, 4.69) is 11.8 Å². The normalized spacial score (nSPS) is 11.7. The van der Waals surface area contributed by atoms with Gasteiger partial charge in [-0.3, -0.25) is 4.79 Å². The minimum atomic E-state index is -3.98. The molecule has 134 valence electrons. The van der Waals surface area contributed by atoms with Crippen molar-refractivity contribution in [2.75, 3.05) is 6.61 Å². The first-order valence-corrected chi connectivity index (χ1v) is 9.44. The lowest BCUT2D eigenvalue weighted by Gasteiger charge is -2.14. The summed E-state index contributed by atoms with van der Waals surface area (Å²) in [5.74, 6) is 4.50. The molecule has 0 spiro atoms. The number of hydrogen-bond acceptors (Lipinski definition) is 5. The molecule has 0 aromatic heterocycles. The molecule has 0 radical (unpaired) electrons. The molecular weight excluding hydrogens is 342 g/mol. The molecule has 25 heavy (non-hydrogen) atoms. The van der Waals surface area contributed by atoms with Gasteiger partial charge < -0.3 is 9.84 Å². The van der Waals surface area contributed by atoms with Crippen molar-refractivity contribution in [3.63, 3.8) is 0 Å². The Morgan fingerprint density at radius 2 is 1.92 bits per heavy atom. The fraction of sp³-hybridized carbons (Fsp3) is 0.444. The summed E-state index contributed by atoms with van der Waals surface area (Å²) in [6, 6.07) is 7.65. The molecule has 0 saturated carbocycles. The fourth-order valence-corrected chi connectivity index (χ4v) is 3.79. The standard InChI is InChI=1S/C18H21NO5S/c1-2-3-14-24-15-9-11-16(12-10-15)25(22,23)17(18(20)21)8-6-4-5-7-13-19/h9-12,17H,4-8,14H2,1H3,(H,20,21). The van der Waals surface area contributed by atoms with Gasteiger partial charge in [-0.05, 0) is 44.0 Å². The number of ether oxygens (including phenoxy) is 1. The lowest BCUT2D eigenvalue weighted by Crippen LogP contribution is -2.30. The van der Waals surface area contributed by atoms with E-state index in [1.54, 1.807) is 6.92 Å². The topological polar surface area (TPSA) is 104 Å². The van der Waals surface area contributed by atoms with Crippen molar-refractivity contribution in [1.82, 2.24) is 0 Å². The van der Waals surface area contributed by atoms with Crippen LogP contribution in [0, 0.1) is 23.2 Å². The second kappa shape index (κ2) is 10.4. The summed E-state index contributed by atoms with van der Waals surface area (Å²) in [5, 5.41) is 16.3. The number of aliphatic carboxylic acids is 1. The van der Waals surface area contributed by atoms with Gasteiger partial charge in [0.2, 0.25) is 0 Å². The molecule has 6 nitrogen and oxygen atoms in total. The van der Waals surface area contributed by atoms with Crippen LogP contribution in [0.5, 0.6) is 5.75 Å². The fourth-order valence-electron chi connectivity index (χ4n) is 2.20. The van der Waals surface area contributed by atoms with Crippen LogP contribution in [0.1, 0.15) is 39.0 Å². The first-order valence-electron chi connectivity index (χ1n) is 7.89. The van der Waals surface area contributed by atoms with Crippen molar-refractivity contribution in [3.8, 4) is 23.7 Å². The number of nitrogens with zero attached hydrogens (tertiary/aromatic N) is 1. The molecule has 1 atom stereocenters. The van der Waals surface area contributed by atoms with Gasteiger partial charge in [0.05, 0.1) is 11.0 Å². The number of rotatable bonds is 10. The van der Waals surface area contributed by atoms with E-state index in [0.717, 1.165) is 0 Å². The first-order chi connectivity index (χ1) is 11.9. The highest BCUT2D eigenvalue weighted by Crippen LogP contribution is 2.23. The molecule has 0 aliphatic carbocycles. The summed E-state index contributed by atoms with van der Waals surface area (Å²) in [7, 11) is -3.98. The summed E-state index contributed by atoms with van der Waals surface area (Å²) in [6.07, 6.45) is 2.10. The maximum Gasteiger partial charge on any atom is 0.322 e. The molecule has 0 aliphatic heterocycles. The molecular formula is C18H21NO5S. The van der Waals surface area contributed by atoms with E-state index in [0.29, 0.717) is 31.4 Å². The molecule has 0 amide bonds. The average molecular weight is 363 g/mol. The van der Waals surface area contributed by atoms with Gasteiger partial charge in [0.1, 0.15) is 12.4 Å². The predicted octanol–water partition coefficient (Wildman–Crippen LogP) is 2.79. The van der Waals surface area contributed by atoms with Crippen molar-refractivity contribution in [2.24, 2.45) is 0 Å². The quantitative estimate of drug-likeness (QED) is 0.506. The summed E-state index contributed by atoms with van der Waals surface area (Å²) < 4.78 is 30.5. The molecule has 1 N–H and O–H groups in total. The molecule has 0 aliphatic rings. The van der Waals surface area contributed by atoms with Crippen LogP contribution in [-0.2, 0) is 14.6 Å². The van der Waals surface area contributed by atoms with E-state index >= 15 is 0 Å². The molecule has 1 unspecified atom stereocenters. The van der Waals surface area contributed by atoms with Crippen LogP contribution in [0.2, 0.25) is 0 Å². The van der Waals surface area contributed by atoms with Gasteiger partial charge >= 0.3 is 5.97 Å². The van der Waals surface area contributed by atoms with Crippen LogP contribution in [0.15, 0.2) is 29.2 Å². The highest BCUT2D eigenvalue weighted by atomic mass is 32.2. The van der Waals surface area contributed by atoms with Gasteiger partial charge in [0.25, 0.3) is 0 Å². The smallest absolute Gasteiger partial charge is 0.322 e. The Kier molecular flexibility index (Phi) is 8.52. The van der Waals surface area contributed by atoms with Gasteiger partial charge in [-0.15, -0.1) is 5.92 Å². The molecule has 1 aromatic rings. The maximum atomic E-state index is 12.6. The van der Waals surface area contributed by atoms with Crippen LogP contribution < -0.4 is 4.74 Å². The van der Waals surface area contributed by atoms with Crippen molar-refractivity contribution >= 4 is 15.8 Å². The van der Waals surface area contributed by atoms with E-state index in [-0.39, 0.29) is 17.9 Å². The number of carbonyl (C=O) groups is 1. The zero-order valence-electron chi connectivity index (χ0n) is 14.1. The van der Waals surface area contributed by atoms with Crippen LogP contribution in [0.25, 0.3) is 0 Å². The van der Waals surface area contributed by atoms with E-state index in [1.165, 1.54) is 24.3 Å². The van der Waals surface area contributed by atoms with Crippen molar-refractivity contribution < 1.29 is 23.1 Å². The van der Waals surface area contributed by atoms with Crippen LogP contribution >= 0.6 is 0 Å². The van der Waals surface area contributed by atoms with Gasteiger partial charge in [-0.25, -0.2) is 8.42 Å². The third-order valence-corrected chi connectivity index (χ3v) is 5.66. The average Bonchev–Trinajstić information content (AvgIpc) is 2.58. The minimum absolute atomic E-state index is 0.0213. The lowest BCUT2D eigenvalue weighted by atomic mass is 10.1. The van der Waals surface area contributed by atoms with E-state index in [9.17, 15) is 18.3 Å². The highest BCUT2D eigenvalue weighted by Gasteiger charge is 2.33. The summed E-state index contributed by atoms with van der Waals surface area (Å²) >= 11 is 0. The Bertz CT molecular complexity index is 766. The second-order valence-corrected chi connectivity index (χ2v) is 7.45. The van der Waals surface area contributed by atoms with Crippen molar-refractivity contribution in [3.05, 3.63) is 24.3 Å². The van der Waals surface area contributed by atoms with E-state index in [4.69, 9.17) is 10.00 Å². The van der Waals surface area contributed by atoms with Crippen LogP contribution in [0.4, 0.5) is 0 Å². The number of unbranched alkanes of at least 4 members (excludes halogenated alkanes) is 3. The highest BCUT2D eigenvalue weighted by molar-refractivity contribution is 7.92. The van der Waals surface area contributed by atoms with Crippen LogP contribution in [0.3, 0.4) is 0 Å². The number of benzene rings is 1. The SMILES string of the molecule is CC#CCOc1ccc(S(=O)(=O)C(CCCCCC#N)C(=O)O)cc1. The van der Waals surface area contributed by atoms with Gasteiger partial charge in [0.15, 0.2) is 15.1 Å². The maximum absolute atomic E-state index is 12.6. The van der Waals surface area contributed by atoms with Gasteiger partial charge in [-0.1, -0.05) is 18.8 Å². The number of nitriles is 1. The Morgan fingerprint density at radius 1 is 1.24 bits per heavy atom. The Morgan fingerprint density at radius 3 is 2.48 bits per heavy atom. The van der Waals surface area contributed by atoms with E-state index < -0.39 is 21.1 Å². The molecule has 0 heterocycles. The van der Waals surface area contributed by atoms with E-state index in [1.807, 2.05) is 6.07 Å². The van der Waals surface area contributed by atoms with Gasteiger partial charge in [0, 0.05) is 6.42 Å². The summed E-state index contributed by atoms with van der Waals surface area (Å²) in [5.41, 5.74) is 0. The monoisotopic (exact) mass is 363 g/mol. The largest absolute Gasteiger partial charge is 0.481 e. The number of carboxylic acids is 1. The Hall–Kier alpha value is -2.51. The van der Waals surface area contributed by atoms with Crippen molar-refractivity contribution in [2.45, 2.75) is 49.2 Å². The molecule has 0 bridgehead atoms. The molecule has 1 rings (SSSR count). The third-order valence-electron chi connectivity index (χ3n) is 3.54. The van der Waals surface area contributed by atoms with Gasteiger partial charge in [-0.2, -0.15) is 5.26 Å². The Labute approximate surface area is 148 Å². The Balaban J connectivity index is 2.81.